The van der Waals surface area contributed by atoms with E-state index in [-0.39, 0.29) is 17.5 Å². The lowest BCUT2D eigenvalue weighted by atomic mass is 10.1. The van der Waals surface area contributed by atoms with Gasteiger partial charge in [-0.2, -0.15) is 0 Å². The predicted octanol–water partition coefficient (Wildman–Crippen LogP) is 2.44. The first-order valence-corrected chi connectivity index (χ1v) is 8.42. The standard InChI is InChI=1S/C16H19NO3S/c1-13(11-14-7-9-16(18)10-8-14)17-21(19,20)12-15-5-3-2-4-6-15/h2-10,13,17-18H,11-12H2,1H3/t13-/m0/s1. The van der Waals surface area contributed by atoms with Crippen molar-refractivity contribution in [2.24, 2.45) is 0 Å². The van der Waals surface area contributed by atoms with Gasteiger partial charge in [-0.25, -0.2) is 13.1 Å². The maximum atomic E-state index is 12.1. The Hall–Kier alpha value is -1.85. The fraction of sp³-hybridized carbons (Fsp3) is 0.250. The van der Waals surface area contributed by atoms with E-state index in [1.807, 2.05) is 25.1 Å². The molecule has 5 heteroatoms. The Kier molecular flexibility index (Phi) is 4.98. The molecule has 2 rings (SSSR count). The first-order chi connectivity index (χ1) is 9.94. The summed E-state index contributed by atoms with van der Waals surface area (Å²) in [5.74, 6) is 0.185. The van der Waals surface area contributed by atoms with Crippen molar-refractivity contribution in [2.75, 3.05) is 0 Å². The van der Waals surface area contributed by atoms with Crippen LogP contribution in [0.5, 0.6) is 5.75 Å². The fourth-order valence-corrected chi connectivity index (χ4v) is 3.58. The largest absolute Gasteiger partial charge is 0.508 e. The number of sulfonamides is 1. The van der Waals surface area contributed by atoms with Gasteiger partial charge < -0.3 is 5.11 Å². The summed E-state index contributed by atoms with van der Waals surface area (Å²) in [6, 6.07) is 15.7. The third-order valence-corrected chi connectivity index (χ3v) is 4.53. The molecular formula is C16H19NO3S. The van der Waals surface area contributed by atoms with E-state index in [0.717, 1.165) is 11.1 Å². The highest BCUT2D eigenvalue weighted by Gasteiger charge is 2.15. The third-order valence-electron chi connectivity index (χ3n) is 3.06. The van der Waals surface area contributed by atoms with E-state index in [4.69, 9.17) is 0 Å². The zero-order valence-corrected chi connectivity index (χ0v) is 12.7. The summed E-state index contributed by atoms with van der Waals surface area (Å²) in [5.41, 5.74) is 1.74. The summed E-state index contributed by atoms with van der Waals surface area (Å²) in [6.45, 7) is 1.83. The molecule has 1 atom stereocenters. The van der Waals surface area contributed by atoms with E-state index in [1.54, 1.807) is 36.4 Å². The van der Waals surface area contributed by atoms with Crippen LogP contribution in [-0.2, 0) is 22.2 Å². The monoisotopic (exact) mass is 305 g/mol. The summed E-state index contributed by atoms with van der Waals surface area (Å²) >= 11 is 0. The normalized spacial score (nSPS) is 13.0. The SMILES string of the molecule is C[C@@H](Cc1ccc(O)cc1)NS(=O)(=O)Cc1ccccc1. The smallest absolute Gasteiger partial charge is 0.216 e. The second-order valence-electron chi connectivity index (χ2n) is 5.13. The number of phenols is 1. The van der Waals surface area contributed by atoms with E-state index in [9.17, 15) is 13.5 Å². The van der Waals surface area contributed by atoms with Gasteiger partial charge in [-0.1, -0.05) is 42.5 Å². The number of hydrogen-bond acceptors (Lipinski definition) is 3. The molecule has 2 aromatic rings. The molecule has 0 aliphatic rings. The Morgan fingerprint density at radius 2 is 1.62 bits per heavy atom. The number of aromatic hydroxyl groups is 1. The second-order valence-corrected chi connectivity index (χ2v) is 6.89. The summed E-state index contributed by atoms with van der Waals surface area (Å²) in [6.07, 6.45) is 0.578. The van der Waals surface area contributed by atoms with E-state index in [0.29, 0.717) is 6.42 Å². The molecule has 2 aromatic carbocycles. The Morgan fingerprint density at radius 1 is 1.00 bits per heavy atom. The molecule has 0 saturated heterocycles. The molecule has 0 amide bonds. The molecular weight excluding hydrogens is 286 g/mol. The Morgan fingerprint density at radius 3 is 2.24 bits per heavy atom. The average Bonchev–Trinajstić information content (AvgIpc) is 2.41. The van der Waals surface area contributed by atoms with Crippen LogP contribution in [0.4, 0.5) is 0 Å². The molecule has 0 bridgehead atoms. The zero-order valence-electron chi connectivity index (χ0n) is 11.9. The first-order valence-electron chi connectivity index (χ1n) is 6.76. The number of hydrogen-bond donors (Lipinski definition) is 2. The van der Waals surface area contributed by atoms with Crippen LogP contribution in [0.3, 0.4) is 0 Å². The lowest BCUT2D eigenvalue weighted by molar-refractivity contribution is 0.475. The molecule has 0 heterocycles. The highest BCUT2D eigenvalue weighted by Crippen LogP contribution is 2.12. The van der Waals surface area contributed by atoms with Gasteiger partial charge in [0.15, 0.2) is 0 Å². The number of rotatable bonds is 6. The van der Waals surface area contributed by atoms with Gasteiger partial charge in [0.25, 0.3) is 0 Å². The molecule has 0 unspecified atom stereocenters. The topological polar surface area (TPSA) is 66.4 Å². The maximum absolute atomic E-state index is 12.1. The number of nitrogens with one attached hydrogen (secondary N) is 1. The van der Waals surface area contributed by atoms with Crippen molar-refractivity contribution in [3.63, 3.8) is 0 Å². The molecule has 0 aromatic heterocycles. The van der Waals surface area contributed by atoms with Crippen LogP contribution in [0.2, 0.25) is 0 Å². The Bertz CT molecular complexity index is 666. The van der Waals surface area contributed by atoms with E-state index < -0.39 is 10.0 Å². The van der Waals surface area contributed by atoms with Crippen molar-refractivity contribution in [1.29, 1.82) is 0 Å². The highest BCUT2D eigenvalue weighted by molar-refractivity contribution is 7.88. The summed E-state index contributed by atoms with van der Waals surface area (Å²) in [4.78, 5) is 0. The molecule has 112 valence electrons. The minimum absolute atomic E-state index is 0.0201. The van der Waals surface area contributed by atoms with Crippen LogP contribution in [0, 0.1) is 0 Å². The quantitative estimate of drug-likeness (QED) is 0.861. The molecule has 0 saturated carbocycles. The van der Waals surface area contributed by atoms with Crippen LogP contribution in [0.25, 0.3) is 0 Å². The van der Waals surface area contributed by atoms with Crippen molar-refractivity contribution >= 4 is 10.0 Å². The Labute approximate surface area is 125 Å². The first kappa shape index (κ1) is 15.5. The molecule has 2 N–H and O–H groups in total. The third kappa shape index (κ3) is 5.21. The predicted molar refractivity (Wildman–Crippen MR) is 83.5 cm³/mol. The van der Waals surface area contributed by atoms with Crippen molar-refractivity contribution in [2.45, 2.75) is 25.1 Å². The average molecular weight is 305 g/mol. The van der Waals surface area contributed by atoms with Crippen LogP contribution < -0.4 is 4.72 Å². The molecule has 0 fully saturated rings. The summed E-state index contributed by atoms with van der Waals surface area (Å²) in [5, 5.41) is 9.23. The van der Waals surface area contributed by atoms with Crippen molar-refractivity contribution in [1.82, 2.24) is 4.72 Å². The summed E-state index contributed by atoms with van der Waals surface area (Å²) < 4.78 is 26.9. The van der Waals surface area contributed by atoms with E-state index >= 15 is 0 Å². The van der Waals surface area contributed by atoms with Crippen molar-refractivity contribution in [3.8, 4) is 5.75 Å². The van der Waals surface area contributed by atoms with Gasteiger partial charge in [-0.3, -0.25) is 0 Å². The van der Waals surface area contributed by atoms with Crippen LogP contribution in [0.1, 0.15) is 18.1 Å². The Balaban J connectivity index is 1.95. The van der Waals surface area contributed by atoms with Crippen molar-refractivity contribution in [3.05, 3.63) is 65.7 Å². The van der Waals surface area contributed by atoms with Gasteiger partial charge in [0.2, 0.25) is 10.0 Å². The van der Waals surface area contributed by atoms with Crippen LogP contribution in [-0.4, -0.2) is 19.6 Å². The molecule has 0 aliphatic carbocycles. The lowest BCUT2D eigenvalue weighted by Gasteiger charge is -2.14. The van der Waals surface area contributed by atoms with E-state index in [1.165, 1.54) is 0 Å². The second kappa shape index (κ2) is 6.74. The van der Waals surface area contributed by atoms with Gasteiger partial charge in [0.05, 0.1) is 5.75 Å². The maximum Gasteiger partial charge on any atom is 0.216 e. The van der Waals surface area contributed by atoms with Gasteiger partial charge in [-0.15, -0.1) is 0 Å². The van der Waals surface area contributed by atoms with Crippen molar-refractivity contribution < 1.29 is 13.5 Å². The molecule has 21 heavy (non-hydrogen) atoms. The molecule has 0 spiro atoms. The molecule has 0 radical (unpaired) electrons. The van der Waals surface area contributed by atoms with Gasteiger partial charge >= 0.3 is 0 Å². The number of benzene rings is 2. The van der Waals surface area contributed by atoms with Gasteiger partial charge in [-0.05, 0) is 36.6 Å². The highest BCUT2D eigenvalue weighted by atomic mass is 32.2. The van der Waals surface area contributed by atoms with Gasteiger partial charge in [0, 0.05) is 6.04 Å². The summed E-state index contributed by atoms with van der Waals surface area (Å²) in [7, 11) is -3.36. The lowest BCUT2D eigenvalue weighted by Crippen LogP contribution is -2.34. The van der Waals surface area contributed by atoms with Crippen LogP contribution in [0.15, 0.2) is 54.6 Å². The fourth-order valence-electron chi connectivity index (χ4n) is 2.17. The minimum atomic E-state index is -3.36. The number of phenolic OH excluding ortho intramolecular Hbond substituents is 1. The van der Waals surface area contributed by atoms with Gasteiger partial charge in [0.1, 0.15) is 5.75 Å². The zero-order chi connectivity index (χ0) is 15.3. The molecule has 4 nitrogen and oxygen atoms in total. The van der Waals surface area contributed by atoms with Crippen LogP contribution >= 0.6 is 0 Å². The minimum Gasteiger partial charge on any atom is -0.508 e. The van der Waals surface area contributed by atoms with E-state index in [2.05, 4.69) is 4.72 Å². The molecule has 0 aliphatic heterocycles.